The van der Waals surface area contributed by atoms with E-state index in [1.165, 1.54) is 0 Å². The Kier molecular flexibility index (Phi) is 2.43. The standard InChI is InChI=1S/C9H15N3O2/c1-2-6(10)9(13)7-5-8-12(11-7)3-4-14-8/h5-6,9,13H,2-4,10H2,1H3. The van der Waals surface area contributed by atoms with Gasteiger partial charge in [-0.25, -0.2) is 4.68 Å². The summed E-state index contributed by atoms with van der Waals surface area (Å²) >= 11 is 0. The van der Waals surface area contributed by atoms with Crippen LogP contribution in [0.4, 0.5) is 0 Å². The maximum absolute atomic E-state index is 9.79. The summed E-state index contributed by atoms with van der Waals surface area (Å²) in [6, 6.07) is 1.50. The van der Waals surface area contributed by atoms with Gasteiger partial charge in [-0.05, 0) is 6.42 Å². The molecule has 0 amide bonds. The van der Waals surface area contributed by atoms with Gasteiger partial charge in [0.2, 0.25) is 5.88 Å². The summed E-state index contributed by atoms with van der Waals surface area (Å²) in [7, 11) is 0. The van der Waals surface area contributed by atoms with Crippen molar-refractivity contribution in [1.82, 2.24) is 9.78 Å². The molecular formula is C9H15N3O2. The lowest BCUT2D eigenvalue weighted by Crippen LogP contribution is -2.27. The second kappa shape index (κ2) is 3.59. The maximum Gasteiger partial charge on any atom is 0.212 e. The molecule has 1 aliphatic heterocycles. The molecule has 0 bridgehead atoms. The summed E-state index contributed by atoms with van der Waals surface area (Å²) in [4.78, 5) is 0. The molecule has 1 aliphatic rings. The summed E-state index contributed by atoms with van der Waals surface area (Å²) in [6.07, 6.45) is 0.0335. The zero-order valence-electron chi connectivity index (χ0n) is 8.18. The molecule has 2 atom stereocenters. The normalized spacial score (nSPS) is 18.8. The van der Waals surface area contributed by atoms with Crippen molar-refractivity contribution >= 4 is 0 Å². The highest BCUT2D eigenvalue weighted by Gasteiger charge is 2.22. The number of nitrogens with two attached hydrogens (primary N) is 1. The number of nitrogens with zero attached hydrogens (tertiary/aromatic N) is 2. The Morgan fingerprint density at radius 2 is 2.57 bits per heavy atom. The topological polar surface area (TPSA) is 73.3 Å². The van der Waals surface area contributed by atoms with Crippen molar-refractivity contribution in [3.05, 3.63) is 11.8 Å². The Bertz CT molecular complexity index is 302. The summed E-state index contributed by atoms with van der Waals surface area (Å²) in [5.74, 6) is 0.724. The van der Waals surface area contributed by atoms with E-state index >= 15 is 0 Å². The highest BCUT2D eigenvalue weighted by molar-refractivity contribution is 5.20. The molecule has 0 radical (unpaired) electrons. The van der Waals surface area contributed by atoms with Crippen LogP contribution in [0, 0.1) is 0 Å². The molecule has 0 aliphatic carbocycles. The van der Waals surface area contributed by atoms with E-state index in [0.717, 1.165) is 18.8 Å². The van der Waals surface area contributed by atoms with Crippen molar-refractivity contribution in [3.8, 4) is 5.88 Å². The van der Waals surface area contributed by atoms with Gasteiger partial charge in [-0.2, -0.15) is 5.10 Å². The number of aliphatic hydroxyl groups excluding tert-OH is 1. The highest BCUT2D eigenvalue weighted by Crippen LogP contribution is 2.24. The van der Waals surface area contributed by atoms with Crippen LogP contribution in [0.3, 0.4) is 0 Å². The van der Waals surface area contributed by atoms with Crippen molar-refractivity contribution in [2.45, 2.75) is 32.0 Å². The van der Waals surface area contributed by atoms with Gasteiger partial charge in [-0.1, -0.05) is 6.92 Å². The van der Waals surface area contributed by atoms with Crippen LogP contribution >= 0.6 is 0 Å². The summed E-state index contributed by atoms with van der Waals surface area (Å²) < 4.78 is 7.04. The molecule has 0 spiro atoms. The van der Waals surface area contributed by atoms with Crippen LogP contribution in [0.25, 0.3) is 0 Å². The fraction of sp³-hybridized carbons (Fsp3) is 0.667. The monoisotopic (exact) mass is 197 g/mol. The number of aromatic nitrogens is 2. The summed E-state index contributed by atoms with van der Waals surface area (Å²) in [6.45, 7) is 3.36. The van der Waals surface area contributed by atoms with E-state index < -0.39 is 6.10 Å². The van der Waals surface area contributed by atoms with Crippen LogP contribution in [-0.4, -0.2) is 27.5 Å². The zero-order chi connectivity index (χ0) is 10.1. The molecule has 0 saturated carbocycles. The zero-order valence-corrected chi connectivity index (χ0v) is 8.18. The number of ether oxygens (including phenoxy) is 1. The SMILES string of the molecule is CCC(N)C(O)c1cc2n(n1)CCO2. The fourth-order valence-electron chi connectivity index (χ4n) is 1.52. The Balaban J connectivity index is 2.17. The predicted octanol–water partition coefficient (Wildman–Crippen LogP) is 0.0462. The van der Waals surface area contributed by atoms with Gasteiger partial charge < -0.3 is 15.6 Å². The van der Waals surface area contributed by atoms with E-state index in [0.29, 0.717) is 12.3 Å². The molecule has 2 unspecified atom stereocenters. The van der Waals surface area contributed by atoms with Gasteiger partial charge >= 0.3 is 0 Å². The third-order valence-corrected chi connectivity index (χ3v) is 2.49. The van der Waals surface area contributed by atoms with Gasteiger partial charge in [0.1, 0.15) is 12.7 Å². The first-order valence-corrected chi connectivity index (χ1v) is 4.86. The number of aliphatic hydroxyl groups is 1. The van der Waals surface area contributed by atoms with E-state index in [-0.39, 0.29) is 6.04 Å². The van der Waals surface area contributed by atoms with Gasteiger partial charge in [-0.3, -0.25) is 0 Å². The number of hydrogen-bond acceptors (Lipinski definition) is 4. The van der Waals surface area contributed by atoms with Gasteiger partial charge in [0.15, 0.2) is 0 Å². The molecule has 0 saturated heterocycles. The lowest BCUT2D eigenvalue weighted by molar-refractivity contribution is 0.139. The molecule has 0 fully saturated rings. The first kappa shape index (κ1) is 9.48. The first-order valence-electron chi connectivity index (χ1n) is 4.86. The van der Waals surface area contributed by atoms with Crippen LogP contribution in [0.1, 0.15) is 25.1 Å². The van der Waals surface area contributed by atoms with E-state index in [9.17, 15) is 5.11 Å². The second-order valence-corrected chi connectivity index (χ2v) is 3.50. The molecule has 0 aromatic carbocycles. The van der Waals surface area contributed by atoms with Gasteiger partial charge in [0, 0.05) is 12.1 Å². The molecular weight excluding hydrogens is 182 g/mol. The van der Waals surface area contributed by atoms with Gasteiger partial charge in [-0.15, -0.1) is 0 Å². The van der Waals surface area contributed by atoms with E-state index in [1.54, 1.807) is 10.7 Å². The Labute approximate surface area is 82.5 Å². The van der Waals surface area contributed by atoms with Crippen molar-refractivity contribution in [3.63, 3.8) is 0 Å². The average Bonchev–Trinajstić information content (AvgIpc) is 2.74. The van der Waals surface area contributed by atoms with Crippen LogP contribution in [-0.2, 0) is 6.54 Å². The van der Waals surface area contributed by atoms with Gasteiger partial charge in [0.05, 0.1) is 12.2 Å². The Morgan fingerprint density at radius 1 is 1.79 bits per heavy atom. The fourth-order valence-corrected chi connectivity index (χ4v) is 1.52. The predicted molar refractivity (Wildman–Crippen MR) is 50.9 cm³/mol. The lowest BCUT2D eigenvalue weighted by atomic mass is 10.1. The molecule has 3 N–H and O–H groups in total. The number of hydrogen-bond donors (Lipinski definition) is 2. The minimum atomic E-state index is -0.693. The Hall–Kier alpha value is -1.07. The largest absolute Gasteiger partial charge is 0.476 e. The molecule has 5 nitrogen and oxygen atoms in total. The Morgan fingerprint density at radius 3 is 3.21 bits per heavy atom. The van der Waals surface area contributed by atoms with Crippen molar-refractivity contribution < 1.29 is 9.84 Å². The molecule has 5 heteroatoms. The highest BCUT2D eigenvalue weighted by atomic mass is 16.5. The van der Waals surface area contributed by atoms with Crippen LogP contribution in [0.15, 0.2) is 6.07 Å². The molecule has 1 aromatic rings. The summed E-state index contributed by atoms with van der Waals surface area (Å²) in [5, 5.41) is 14.0. The molecule has 14 heavy (non-hydrogen) atoms. The maximum atomic E-state index is 9.79. The van der Waals surface area contributed by atoms with Crippen LogP contribution in [0.5, 0.6) is 5.88 Å². The first-order chi connectivity index (χ1) is 6.72. The molecule has 1 aromatic heterocycles. The van der Waals surface area contributed by atoms with Crippen molar-refractivity contribution in [2.75, 3.05) is 6.61 Å². The molecule has 2 rings (SSSR count). The third-order valence-electron chi connectivity index (χ3n) is 2.49. The third kappa shape index (κ3) is 1.49. The van der Waals surface area contributed by atoms with E-state index in [1.807, 2.05) is 6.92 Å². The molecule has 78 valence electrons. The van der Waals surface area contributed by atoms with E-state index in [2.05, 4.69) is 5.10 Å². The summed E-state index contributed by atoms with van der Waals surface area (Å²) in [5.41, 5.74) is 6.33. The van der Waals surface area contributed by atoms with Crippen LogP contribution < -0.4 is 10.5 Å². The minimum absolute atomic E-state index is 0.259. The number of fused-ring (bicyclic) bond motifs is 1. The van der Waals surface area contributed by atoms with E-state index in [4.69, 9.17) is 10.5 Å². The quantitative estimate of drug-likeness (QED) is 0.718. The lowest BCUT2D eigenvalue weighted by Gasteiger charge is -2.14. The van der Waals surface area contributed by atoms with Crippen molar-refractivity contribution in [2.24, 2.45) is 5.73 Å². The number of rotatable bonds is 3. The van der Waals surface area contributed by atoms with Crippen LogP contribution in [0.2, 0.25) is 0 Å². The van der Waals surface area contributed by atoms with Gasteiger partial charge in [0.25, 0.3) is 0 Å². The second-order valence-electron chi connectivity index (χ2n) is 3.50. The molecule has 2 heterocycles. The van der Waals surface area contributed by atoms with Crippen molar-refractivity contribution in [1.29, 1.82) is 0 Å². The minimum Gasteiger partial charge on any atom is -0.476 e. The smallest absolute Gasteiger partial charge is 0.212 e. The average molecular weight is 197 g/mol.